The Hall–Kier alpha value is -1.47. The van der Waals surface area contributed by atoms with Crippen molar-refractivity contribution < 1.29 is 4.74 Å². The molecule has 2 rings (SSSR count). The molecule has 0 amide bonds. The lowest BCUT2D eigenvalue weighted by Crippen LogP contribution is -1.83. The third-order valence-electron chi connectivity index (χ3n) is 2.16. The van der Waals surface area contributed by atoms with E-state index in [-0.39, 0.29) is 0 Å². The second-order valence-electron chi connectivity index (χ2n) is 3.15. The maximum absolute atomic E-state index is 5.82. The van der Waals surface area contributed by atoms with E-state index in [1.54, 1.807) is 7.11 Å². The quantitative estimate of drug-likeness (QED) is 0.743. The first kappa shape index (κ1) is 10.1. The van der Waals surface area contributed by atoms with Crippen LogP contribution in [0.3, 0.4) is 0 Å². The summed E-state index contributed by atoms with van der Waals surface area (Å²) in [6, 6.07) is 16.5. The van der Waals surface area contributed by atoms with Gasteiger partial charge in [0.25, 0.3) is 0 Å². The summed E-state index contributed by atoms with van der Waals surface area (Å²) in [4.78, 5) is 0. The van der Waals surface area contributed by atoms with Crippen molar-refractivity contribution in [2.45, 2.75) is 0 Å². The topological polar surface area (TPSA) is 9.23 Å². The fraction of sp³-hybridized carbons (Fsp3) is 0.0769. The minimum absolute atomic E-state index is 0.738. The van der Waals surface area contributed by atoms with Crippen molar-refractivity contribution in [3.63, 3.8) is 0 Å². The van der Waals surface area contributed by atoms with Crippen molar-refractivity contribution in [3.05, 3.63) is 53.6 Å². The molecule has 0 aliphatic heterocycles. The zero-order valence-electron chi connectivity index (χ0n) is 8.33. The molecule has 0 aromatic heterocycles. The number of hydrogen-bond acceptors (Lipinski definition) is 1. The summed E-state index contributed by atoms with van der Waals surface area (Å²) in [5.41, 5.74) is 2.09. The summed E-state index contributed by atoms with van der Waals surface area (Å²) < 4.78 is 5.15. The Bertz CT molecular complexity index is 448. The Labute approximate surface area is 94.3 Å². The second-order valence-corrected chi connectivity index (χ2v) is 3.59. The predicted octanol–water partition coefficient (Wildman–Crippen LogP) is 3.82. The maximum atomic E-state index is 5.82. The van der Waals surface area contributed by atoms with Crippen LogP contribution in [0.2, 0.25) is 5.02 Å². The number of ether oxygens (including phenoxy) is 1. The van der Waals surface area contributed by atoms with Crippen molar-refractivity contribution >= 4 is 11.6 Å². The third kappa shape index (κ3) is 2.31. The SMILES string of the molecule is COc1cc[c]c(-c2ccc(Cl)cc2)c1. The van der Waals surface area contributed by atoms with Gasteiger partial charge in [-0.25, -0.2) is 0 Å². The molecular formula is C13H10ClO. The van der Waals surface area contributed by atoms with E-state index in [2.05, 4.69) is 6.07 Å². The first-order valence-electron chi connectivity index (χ1n) is 4.61. The molecule has 15 heavy (non-hydrogen) atoms. The number of hydrogen-bond donors (Lipinski definition) is 0. The van der Waals surface area contributed by atoms with Crippen LogP contribution >= 0.6 is 11.6 Å². The summed E-state index contributed by atoms with van der Waals surface area (Å²) in [6.07, 6.45) is 0. The molecule has 2 aromatic rings. The first-order chi connectivity index (χ1) is 7.29. The molecule has 75 valence electrons. The van der Waals surface area contributed by atoms with E-state index in [9.17, 15) is 0 Å². The van der Waals surface area contributed by atoms with Crippen LogP contribution in [0.15, 0.2) is 42.5 Å². The average molecular weight is 218 g/mol. The lowest BCUT2D eigenvalue weighted by atomic mass is 10.1. The molecule has 2 aromatic carbocycles. The van der Waals surface area contributed by atoms with E-state index in [4.69, 9.17) is 16.3 Å². The van der Waals surface area contributed by atoms with Crippen LogP contribution in [0, 0.1) is 6.07 Å². The normalized spacial score (nSPS) is 10.0. The van der Waals surface area contributed by atoms with Crippen LogP contribution in [-0.4, -0.2) is 7.11 Å². The van der Waals surface area contributed by atoms with Gasteiger partial charge in [0.15, 0.2) is 0 Å². The van der Waals surface area contributed by atoms with Crippen LogP contribution in [0.1, 0.15) is 0 Å². The number of rotatable bonds is 2. The van der Waals surface area contributed by atoms with Gasteiger partial charge in [-0.2, -0.15) is 0 Å². The molecule has 0 N–H and O–H groups in total. The van der Waals surface area contributed by atoms with Gasteiger partial charge in [-0.15, -0.1) is 0 Å². The summed E-state index contributed by atoms with van der Waals surface area (Å²) in [5.74, 6) is 0.832. The molecule has 2 heteroatoms. The van der Waals surface area contributed by atoms with Gasteiger partial charge < -0.3 is 4.74 Å². The van der Waals surface area contributed by atoms with Crippen molar-refractivity contribution in [1.82, 2.24) is 0 Å². The summed E-state index contributed by atoms with van der Waals surface area (Å²) >= 11 is 5.82. The highest BCUT2D eigenvalue weighted by Crippen LogP contribution is 2.24. The van der Waals surface area contributed by atoms with E-state index < -0.39 is 0 Å². The fourth-order valence-corrected chi connectivity index (χ4v) is 1.49. The fourth-order valence-electron chi connectivity index (χ4n) is 1.37. The van der Waals surface area contributed by atoms with Crippen molar-refractivity contribution in [3.8, 4) is 16.9 Å². The van der Waals surface area contributed by atoms with Crippen LogP contribution in [0.25, 0.3) is 11.1 Å². The van der Waals surface area contributed by atoms with Crippen molar-refractivity contribution in [1.29, 1.82) is 0 Å². The number of methoxy groups -OCH3 is 1. The minimum Gasteiger partial charge on any atom is -0.497 e. The molecular weight excluding hydrogens is 208 g/mol. The molecule has 0 atom stereocenters. The van der Waals surface area contributed by atoms with Gasteiger partial charge in [0, 0.05) is 5.02 Å². The largest absolute Gasteiger partial charge is 0.497 e. The second kappa shape index (κ2) is 4.37. The van der Waals surface area contributed by atoms with Gasteiger partial charge in [-0.3, -0.25) is 0 Å². The highest BCUT2D eigenvalue weighted by molar-refractivity contribution is 6.30. The Balaban J connectivity index is 2.40. The van der Waals surface area contributed by atoms with Crippen LogP contribution in [0.5, 0.6) is 5.75 Å². The molecule has 0 fully saturated rings. The lowest BCUT2D eigenvalue weighted by Gasteiger charge is -2.04. The van der Waals surface area contributed by atoms with Gasteiger partial charge in [-0.05, 0) is 41.5 Å². The Morgan fingerprint density at radius 3 is 2.53 bits per heavy atom. The van der Waals surface area contributed by atoms with Crippen molar-refractivity contribution in [2.24, 2.45) is 0 Å². The maximum Gasteiger partial charge on any atom is 0.119 e. The van der Waals surface area contributed by atoms with Gasteiger partial charge in [0.2, 0.25) is 0 Å². The van der Waals surface area contributed by atoms with E-state index in [1.165, 1.54) is 0 Å². The lowest BCUT2D eigenvalue weighted by molar-refractivity contribution is 0.415. The molecule has 0 aliphatic rings. The molecule has 1 nitrogen and oxygen atoms in total. The molecule has 0 spiro atoms. The molecule has 0 heterocycles. The van der Waals surface area contributed by atoms with Gasteiger partial charge in [0.1, 0.15) is 5.75 Å². The minimum atomic E-state index is 0.738. The molecule has 1 radical (unpaired) electrons. The molecule has 0 aliphatic carbocycles. The standard InChI is InChI=1S/C13H10ClO/c1-15-13-4-2-3-11(9-13)10-5-7-12(14)8-6-10/h2,4-9H,1H3. The van der Waals surface area contributed by atoms with Gasteiger partial charge in [-0.1, -0.05) is 29.8 Å². The number of benzene rings is 2. The smallest absolute Gasteiger partial charge is 0.119 e. The molecule has 0 saturated carbocycles. The average Bonchev–Trinajstić information content (AvgIpc) is 2.30. The first-order valence-corrected chi connectivity index (χ1v) is 4.99. The van der Waals surface area contributed by atoms with Gasteiger partial charge in [0.05, 0.1) is 7.11 Å². The van der Waals surface area contributed by atoms with E-state index in [1.807, 2.05) is 42.5 Å². The third-order valence-corrected chi connectivity index (χ3v) is 2.42. The summed E-state index contributed by atoms with van der Waals surface area (Å²) in [5, 5.41) is 0.738. The highest BCUT2D eigenvalue weighted by atomic mass is 35.5. The Morgan fingerprint density at radius 2 is 1.87 bits per heavy atom. The zero-order valence-corrected chi connectivity index (χ0v) is 9.08. The molecule has 0 bridgehead atoms. The van der Waals surface area contributed by atoms with Crippen LogP contribution < -0.4 is 4.74 Å². The van der Waals surface area contributed by atoms with E-state index in [0.717, 1.165) is 21.9 Å². The molecule has 0 saturated heterocycles. The van der Waals surface area contributed by atoms with Gasteiger partial charge >= 0.3 is 0 Å². The highest BCUT2D eigenvalue weighted by Gasteiger charge is 1.99. The zero-order chi connectivity index (χ0) is 10.7. The van der Waals surface area contributed by atoms with Crippen LogP contribution in [0.4, 0.5) is 0 Å². The number of halogens is 1. The monoisotopic (exact) mass is 217 g/mol. The van der Waals surface area contributed by atoms with Crippen molar-refractivity contribution in [2.75, 3.05) is 7.11 Å². The Morgan fingerprint density at radius 1 is 1.13 bits per heavy atom. The summed E-state index contributed by atoms with van der Waals surface area (Å²) in [6.45, 7) is 0. The Kier molecular flexibility index (Phi) is 2.93. The van der Waals surface area contributed by atoms with E-state index in [0.29, 0.717) is 0 Å². The van der Waals surface area contributed by atoms with E-state index >= 15 is 0 Å². The molecule has 0 unspecified atom stereocenters. The predicted molar refractivity (Wildman–Crippen MR) is 62.3 cm³/mol. The van der Waals surface area contributed by atoms with Crippen LogP contribution in [-0.2, 0) is 0 Å². The summed E-state index contributed by atoms with van der Waals surface area (Å²) in [7, 11) is 1.65.